The predicted octanol–water partition coefficient (Wildman–Crippen LogP) is 3.81. The average molecular weight is 272 g/mol. The van der Waals surface area contributed by atoms with Gasteiger partial charge in [0.2, 0.25) is 0 Å². The number of nitrogens with zero attached hydrogens (tertiary/aromatic N) is 1. The van der Waals surface area contributed by atoms with Gasteiger partial charge in [-0.2, -0.15) is 0 Å². The minimum Gasteiger partial charge on any atom is -0.310 e. The summed E-state index contributed by atoms with van der Waals surface area (Å²) in [5.41, 5.74) is 3.47. The number of nitrogens with one attached hydrogen (secondary N) is 1. The number of benzene rings is 1. The highest BCUT2D eigenvalue weighted by Crippen LogP contribution is 2.19. The second kappa shape index (κ2) is 7.15. The Morgan fingerprint density at radius 3 is 2.60 bits per heavy atom. The number of pyridine rings is 1. The predicted molar refractivity (Wildman–Crippen MR) is 80.1 cm³/mol. The molecule has 106 valence electrons. The van der Waals surface area contributed by atoms with Crippen molar-refractivity contribution in [2.24, 2.45) is 0 Å². The fraction of sp³-hybridized carbons (Fsp3) is 0.353. The van der Waals surface area contributed by atoms with Crippen LogP contribution in [0.3, 0.4) is 0 Å². The number of aromatic nitrogens is 1. The maximum atomic E-state index is 13.0. The molecule has 1 unspecified atom stereocenters. The topological polar surface area (TPSA) is 24.9 Å². The van der Waals surface area contributed by atoms with E-state index in [9.17, 15) is 4.39 Å². The second-order valence-electron chi connectivity index (χ2n) is 5.13. The lowest BCUT2D eigenvalue weighted by atomic mass is 9.99. The van der Waals surface area contributed by atoms with Crippen LogP contribution in [0.1, 0.15) is 36.1 Å². The Bertz CT molecular complexity index is 537. The van der Waals surface area contributed by atoms with Gasteiger partial charge < -0.3 is 5.32 Å². The van der Waals surface area contributed by atoms with E-state index in [2.05, 4.69) is 23.3 Å². The normalized spacial score (nSPS) is 12.3. The van der Waals surface area contributed by atoms with Gasteiger partial charge in [-0.25, -0.2) is 4.39 Å². The molecule has 0 saturated carbocycles. The maximum Gasteiger partial charge on any atom is 0.123 e. The molecule has 0 aliphatic heterocycles. The van der Waals surface area contributed by atoms with Gasteiger partial charge in [0.1, 0.15) is 5.82 Å². The molecule has 0 aliphatic carbocycles. The fourth-order valence-corrected chi connectivity index (χ4v) is 2.25. The molecule has 2 nitrogen and oxygen atoms in total. The molecule has 3 heteroatoms. The van der Waals surface area contributed by atoms with Crippen molar-refractivity contribution in [2.75, 3.05) is 6.54 Å². The Morgan fingerprint density at radius 1 is 1.20 bits per heavy atom. The van der Waals surface area contributed by atoms with Crippen LogP contribution in [0.2, 0.25) is 0 Å². The summed E-state index contributed by atoms with van der Waals surface area (Å²) in [7, 11) is 0. The molecule has 0 spiro atoms. The number of hydrogen-bond donors (Lipinski definition) is 1. The van der Waals surface area contributed by atoms with Gasteiger partial charge >= 0.3 is 0 Å². The smallest absolute Gasteiger partial charge is 0.123 e. The third kappa shape index (κ3) is 4.14. The van der Waals surface area contributed by atoms with E-state index in [4.69, 9.17) is 0 Å². The van der Waals surface area contributed by atoms with Crippen LogP contribution in [-0.4, -0.2) is 11.5 Å². The van der Waals surface area contributed by atoms with Gasteiger partial charge in [-0.1, -0.05) is 25.1 Å². The molecule has 0 bridgehead atoms. The summed E-state index contributed by atoms with van der Waals surface area (Å²) in [6, 6.07) is 9.09. The van der Waals surface area contributed by atoms with Crippen molar-refractivity contribution in [1.29, 1.82) is 0 Å². The van der Waals surface area contributed by atoms with Crippen LogP contribution < -0.4 is 5.32 Å². The van der Waals surface area contributed by atoms with Gasteiger partial charge in [-0.15, -0.1) is 0 Å². The quantitative estimate of drug-likeness (QED) is 0.865. The Labute approximate surface area is 120 Å². The number of hydrogen-bond acceptors (Lipinski definition) is 2. The van der Waals surface area contributed by atoms with Crippen molar-refractivity contribution in [3.8, 4) is 0 Å². The lowest BCUT2D eigenvalue weighted by Crippen LogP contribution is -2.24. The van der Waals surface area contributed by atoms with Crippen molar-refractivity contribution in [3.05, 3.63) is 65.2 Å². The molecule has 0 radical (unpaired) electrons. The molecule has 1 heterocycles. The van der Waals surface area contributed by atoms with Gasteiger partial charge in [-0.3, -0.25) is 4.98 Å². The van der Waals surface area contributed by atoms with E-state index >= 15 is 0 Å². The van der Waals surface area contributed by atoms with E-state index in [1.807, 2.05) is 31.5 Å². The Balaban J connectivity index is 2.16. The Hall–Kier alpha value is -1.74. The third-order valence-corrected chi connectivity index (χ3v) is 3.29. The van der Waals surface area contributed by atoms with Gasteiger partial charge in [0.25, 0.3) is 0 Å². The number of halogens is 1. The van der Waals surface area contributed by atoms with Crippen molar-refractivity contribution < 1.29 is 4.39 Å². The minimum absolute atomic E-state index is 0.191. The van der Waals surface area contributed by atoms with E-state index in [1.54, 1.807) is 0 Å². The molecule has 0 aliphatic rings. The summed E-state index contributed by atoms with van der Waals surface area (Å²) in [6.07, 6.45) is 5.69. The first-order valence-electron chi connectivity index (χ1n) is 7.08. The molecule has 0 fully saturated rings. The van der Waals surface area contributed by atoms with Crippen LogP contribution in [0.25, 0.3) is 0 Å². The molecular weight excluding hydrogens is 251 g/mol. The fourth-order valence-electron chi connectivity index (χ4n) is 2.25. The first-order valence-corrected chi connectivity index (χ1v) is 7.08. The largest absolute Gasteiger partial charge is 0.310 e. The zero-order valence-corrected chi connectivity index (χ0v) is 12.1. The second-order valence-corrected chi connectivity index (χ2v) is 5.13. The van der Waals surface area contributed by atoms with Crippen molar-refractivity contribution in [1.82, 2.24) is 10.3 Å². The molecule has 1 atom stereocenters. The van der Waals surface area contributed by atoms with Gasteiger partial charge in [0, 0.05) is 18.4 Å². The summed E-state index contributed by atoms with van der Waals surface area (Å²) in [5.74, 6) is -0.191. The van der Waals surface area contributed by atoms with Crippen molar-refractivity contribution >= 4 is 0 Å². The summed E-state index contributed by atoms with van der Waals surface area (Å²) < 4.78 is 13.0. The summed E-state index contributed by atoms with van der Waals surface area (Å²) >= 11 is 0. The van der Waals surface area contributed by atoms with Gasteiger partial charge in [0.05, 0.1) is 0 Å². The lowest BCUT2D eigenvalue weighted by molar-refractivity contribution is 0.527. The van der Waals surface area contributed by atoms with E-state index in [1.165, 1.54) is 17.7 Å². The SMILES string of the molecule is CCCNC(Cc1ccc(F)cc1)c1cncc(C)c1. The molecule has 1 N–H and O–H groups in total. The van der Waals surface area contributed by atoms with Gasteiger partial charge in [0.15, 0.2) is 0 Å². The van der Waals surface area contributed by atoms with Crippen LogP contribution >= 0.6 is 0 Å². The zero-order valence-electron chi connectivity index (χ0n) is 12.1. The Morgan fingerprint density at radius 2 is 1.95 bits per heavy atom. The van der Waals surface area contributed by atoms with Crippen molar-refractivity contribution in [3.63, 3.8) is 0 Å². The first kappa shape index (κ1) is 14.7. The zero-order chi connectivity index (χ0) is 14.4. The molecule has 1 aromatic heterocycles. The number of aryl methyl sites for hydroxylation is 1. The molecule has 0 saturated heterocycles. The average Bonchev–Trinajstić information content (AvgIpc) is 2.45. The first-order chi connectivity index (χ1) is 9.69. The summed E-state index contributed by atoms with van der Waals surface area (Å²) in [6.45, 7) is 5.15. The van der Waals surface area contributed by atoms with Crippen LogP contribution in [0.15, 0.2) is 42.7 Å². The standard InChI is InChI=1S/C17H21FN2/c1-3-8-20-17(15-9-13(2)11-19-12-15)10-14-4-6-16(18)7-5-14/h4-7,9,11-12,17,20H,3,8,10H2,1-2H3. The molecular formula is C17H21FN2. The van der Waals surface area contributed by atoms with E-state index < -0.39 is 0 Å². The highest BCUT2D eigenvalue weighted by Gasteiger charge is 2.12. The summed E-state index contributed by atoms with van der Waals surface area (Å²) in [4.78, 5) is 4.27. The molecule has 0 amide bonds. The van der Waals surface area contributed by atoms with E-state index in [-0.39, 0.29) is 11.9 Å². The highest BCUT2D eigenvalue weighted by atomic mass is 19.1. The Kier molecular flexibility index (Phi) is 5.24. The molecule has 1 aromatic carbocycles. The van der Waals surface area contributed by atoms with E-state index in [0.717, 1.165) is 30.5 Å². The van der Waals surface area contributed by atoms with Crippen LogP contribution in [0, 0.1) is 12.7 Å². The van der Waals surface area contributed by atoms with Gasteiger partial charge in [-0.05, 0) is 55.1 Å². The van der Waals surface area contributed by atoms with Crippen LogP contribution in [-0.2, 0) is 6.42 Å². The van der Waals surface area contributed by atoms with Crippen LogP contribution in [0.4, 0.5) is 4.39 Å². The van der Waals surface area contributed by atoms with Crippen LogP contribution in [0.5, 0.6) is 0 Å². The highest BCUT2D eigenvalue weighted by molar-refractivity contribution is 5.24. The molecule has 2 aromatic rings. The lowest BCUT2D eigenvalue weighted by Gasteiger charge is -2.19. The maximum absolute atomic E-state index is 13.0. The monoisotopic (exact) mass is 272 g/mol. The van der Waals surface area contributed by atoms with E-state index in [0.29, 0.717) is 0 Å². The van der Waals surface area contributed by atoms with Crippen molar-refractivity contribution in [2.45, 2.75) is 32.7 Å². The molecule has 20 heavy (non-hydrogen) atoms. The third-order valence-electron chi connectivity index (χ3n) is 3.29. The number of rotatable bonds is 6. The molecule has 2 rings (SSSR count). The minimum atomic E-state index is -0.191. The summed E-state index contributed by atoms with van der Waals surface area (Å²) in [5, 5.41) is 3.54.